The highest BCUT2D eigenvalue weighted by molar-refractivity contribution is 5.86. The van der Waals surface area contributed by atoms with E-state index >= 15 is 0 Å². The second kappa shape index (κ2) is 5.79. The van der Waals surface area contributed by atoms with Crippen LogP contribution in [0.25, 0.3) is 10.4 Å². The molecule has 19 heavy (non-hydrogen) atoms. The van der Waals surface area contributed by atoms with Gasteiger partial charge in [-0.05, 0) is 32.7 Å². The van der Waals surface area contributed by atoms with Crippen LogP contribution in [0.3, 0.4) is 0 Å². The van der Waals surface area contributed by atoms with Crippen molar-refractivity contribution in [2.24, 2.45) is 5.11 Å². The zero-order chi connectivity index (χ0) is 14.6. The zero-order valence-electron chi connectivity index (χ0n) is 11.6. The minimum absolute atomic E-state index is 0.192. The van der Waals surface area contributed by atoms with Gasteiger partial charge >= 0.3 is 6.09 Å². The lowest BCUT2D eigenvalue weighted by Gasteiger charge is -2.27. The van der Waals surface area contributed by atoms with E-state index < -0.39 is 23.8 Å². The van der Waals surface area contributed by atoms with E-state index in [4.69, 9.17) is 10.3 Å². The fraction of sp³-hybridized carbons (Fsp3) is 0.818. The molecular weight excluding hydrogens is 250 g/mol. The molecule has 106 valence electrons. The fourth-order valence-corrected chi connectivity index (χ4v) is 1.91. The van der Waals surface area contributed by atoms with Crippen molar-refractivity contribution in [3.63, 3.8) is 0 Å². The Bertz CT molecular complexity index is 411. The number of rotatable bonds is 2. The third-order valence-corrected chi connectivity index (χ3v) is 2.67. The Morgan fingerprint density at radius 1 is 1.47 bits per heavy atom. The van der Waals surface area contributed by atoms with Crippen molar-refractivity contribution in [3.05, 3.63) is 10.4 Å². The van der Waals surface area contributed by atoms with E-state index in [2.05, 4.69) is 15.3 Å². The number of amides is 2. The van der Waals surface area contributed by atoms with Crippen LogP contribution in [0.2, 0.25) is 0 Å². The van der Waals surface area contributed by atoms with E-state index in [0.717, 1.165) is 0 Å². The standard InChI is InChI=1S/C11H19N5O3/c1-11(2,3)19-10(18)16-6-7(14-15-12)5-8(16)9(17)13-4/h7-8H,5-6H2,1-4H3,(H,13,17)/t7-,8-/m1/s1. The molecule has 8 nitrogen and oxygen atoms in total. The van der Waals surface area contributed by atoms with Crippen molar-refractivity contribution >= 4 is 12.0 Å². The van der Waals surface area contributed by atoms with Crippen LogP contribution < -0.4 is 5.32 Å². The van der Waals surface area contributed by atoms with Crippen LogP contribution in [0.1, 0.15) is 27.2 Å². The molecule has 0 spiro atoms. The average Bonchev–Trinajstić information content (AvgIpc) is 2.70. The van der Waals surface area contributed by atoms with Gasteiger partial charge in [-0.15, -0.1) is 0 Å². The fourth-order valence-electron chi connectivity index (χ4n) is 1.91. The molecule has 0 saturated carbocycles. The molecule has 2 atom stereocenters. The molecule has 1 heterocycles. The van der Waals surface area contributed by atoms with Gasteiger partial charge in [-0.1, -0.05) is 5.11 Å². The van der Waals surface area contributed by atoms with Crippen LogP contribution in [0.4, 0.5) is 4.79 Å². The molecule has 0 unspecified atom stereocenters. The highest BCUT2D eigenvalue weighted by Gasteiger charge is 2.40. The van der Waals surface area contributed by atoms with Gasteiger partial charge in [0.1, 0.15) is 11.6 Å². The monoisotopic (exact) mass is 269 g/mol. The molecule has 0 bridgehead atoms. The lowest BCUT2D eigenvalue weighted by molar-refractivity contribution is -0.124. The van der Waals surface area contributed by atoms with E-state index in [1.807, 2.05) is 0 Å². The number of ether oxygens (including phenoxy) is 1. The molecule has 0 radical (unpaired) electrons. The summed E-state index contributed by atoms with van der Waals surface area (Å²) in [6.07, 6.45) is -0.264. The van der Waals surface area contributed by atoms with Crippen molar-refractivity contribution in [2.75, 3.05) is 13.6 Å². The van der Waals surface area contributed by atoms with E-state index in [9.17, 15) is 9.59 Å². The Labute approximate surface area is 111 Å². The van der Waals surface area contributed by atoms with Gasteiger partial charge in [0.2, 0.25) is 5.91 Å². The van der Waals surface area contributed by atoms with Crippen LogP contribution in [-0.4, -0.2) is 48.2 Å². The van der Waals surface area contributed by atoms with Crippen LogP contribution in [0.5, 0.6) is 0 Å². The summed E-state index contributed by atoms with van der Waals surface area (Å²) in [5, 5.41) is 6.06. The smallest absolute Gasteiger partial charge is 0.410 e. The number of azide groups is 1. The first-order valence-electron chi connectivity index (χ1n) is 6.04. The summed E-state index contributed by atoms with van der Waals surface area (Å²) in [4.78, 5) is 27.8. The maximum atomic E-state index is 12.0. The largest absolute Gasteiger partial charge is 0.444 e. The van der Waals surface area contributed by atoms with E-state index in [1.54, 1.807) is 20.8 Å². The number of nitrogens with zero attached hydrogens (tertiary/aromatic N) is 4. The van der Waals surface area contributed by atoms with Gasteiger partial charge < -0.3 is 10.1 Å². The SMILES string of the molecule is CNC(=O)[C@H]1C[C@@H](N=[N+]=[N-])CN1C(=O)OC(C)(C)C. The van der Waals surface area contributed by atoms with Crippen molar-refractivity contribution in [1.82, 2.24) is 10.2 Å². The number of nitrogens with one attached hydrogen (secondary N) is 1. The first-order chi connectivity index (χ1) is 8.78. The van der Waals surface area contributed by atoms with Crippen molar-refractivity contribution < 1.29 is 14.3 Å². The first kappa shape index (κ1) is 15.1. The molecule has 0 aromatic heterocycles. The van der Waals surface area contributed by atoms with Crippen molar-refractivity contribution in [3.8, 4) is 0 Å². The van der Waals surface area contributed by atoms with Crippen LogP contribution in [-0.2, 0) is 9.53 Å². The minimum atomic E-state index is -0.657. The Morgan fingerprint density at radius 2 is 2.11 bits per heavy atom. The van der Waals surface area contributed by atoms with Gasteiger partial charge in [-0.25, -0.2) is 4.79 Å². The normalized spacial score (nSPS) is 22.6. The minimum Gasteiger partial charge on any atom is -0.444 e. The lowest BCUT2D eigenvalue weighted by atomic mass is 10.1. The maximum absolute atomic E-state index is 12.0. The number of carbonyl (C=O) groups excluding carboxylic acids is 2. The van der Waals surface area contributed by atoms with Crippen LogP contribution in [0.15, 0.2) is 5.11 Å². The molecule has 1 aliphatic rings. The summed E-state index contributed by atoms with van der Waals surface area (Å²) in [7, 11) is 1.50. The zero-order valence-corrected chi connectivity index (χ0v) is 11.6. The molecule has 1 fully saturated rings. The molecule has 0 aromatic rings. The molecule has 8 heteroatoms. The first-order valence-corrected chi connectivity index (χ1v) is 6.04. The topological polar surface area (TPSA) is 107 Å². The summed E-state index contributed by atoms with van der Waals surface area (Å²) in [6.45, 7) is 5.44. The summed E-state index contributed by atoms with van der Waals surface area (Å²) < 4.78 is 5.25. The van der Waals surface area contributed by atoms with Crippen molar-refractivity contribution in [2.45, 2.75) is 44.9 Å². The predicted octanol–water partition coefficient (Wildman–Crippen LogP) is 1.42. The van der Waals surface area contributed by atoms with Gasteiger partial charge in [0.25, 0.3) is 0 Å². The molecule has 1 N–H and O–H groups in total. The number of hydrogen-bond acceptors (Lipinski definition) is 4. The van der Waals surface area contributed by atoms with Gasteiger partial charge in [0.15, 0.2) is 0 Å². The lowest BCUT2D eigenvalue weighted by Crippen LogP contribution is -2.46. The van der Waals surface area contributed by atoms with E-state index in [1.165, 1.54) is 11.9 Å². The molecule has 1 saturated heterocycles. The summed E-state index contributed by atoms with van der Waals surface area (Å²) >= 11 is 0. The van der Waals surface area contributed by atoms with Gasteiger partial charge in [-0.2, -0.15) is 0 Å². The van der Waals surface area contributed by atoms with Gasteiger partial charge in [-0.3, -0.25) is 9.69 Å². The Morgan fingerprint density at radius 3 is 2.58 bits per heavy atom. The van der Waals surface area contributed by atoms with Crippen molar-refractivity contribution in [1.29, 1.82) is 0 Å². The second-order valence-electron chi connectivity index (χ2n) is 5.36. The average molecular weight is 269 g/mol. The number of likely N-dealkylation sites (N-methyl/N-ethyl adjacent to an activating group) is 1. The van der Waals surface area contributed by atoms with Crippen LogP contribution in [0, 0.1) is 0 Å². The highest BCUT2D eigenvalue weighted by Crippen LogP contribution is 2.23. The van der Waals surface area contributed by atoms with E-state index in [-0.39, 0.29) is 12.5 Å². The Balaban J connectivity index is 2.85. The van der Waals surface area contributed by atoms with E-state index in [0.29, 0.717) is 6.42 Å². The summed E-state index contributed by atoms with van der Waals surface area (Å²) in [6, 6.07) is -1.06. The molecule has 1 aliphatic heterocycles. The quantitative estimate of drug-likeness (QED) is 0.465. The molecule has 0 aromatic carbocycles. The summed E-state index contributed by atoms with van der Waals surface area (Å²) in [5.74, 6) is -0.290. The number of likely N-dealkylation sites (tertiary alicyclic amines) is 1. The third-order valence-electron chi connectivity index (χ3n) is 2.67. The molecular formula is C11H19N5O3. The van der Waals surface area contributed by atoms with Crippen LogP contribution >= 0.6 is 0 Å². The highest BCUT2D eigenvalue weighted by atomic mass is 16.6. The molecule has 1 rings (SSSR count). The van der Waals surface area contributed by atoms with Gasteiger partial charge in [0, 0.05) is 18.5 Å². The Hall–Kier alpha value is -1.95. The predicted molar refractivity (Wildman–Crippen MR) is 68.3 cm³/mol. The Kier molecular flexibility index (Phi) is 4.61. The molecule has 0 aliphatic carbocycles. The number of carbonyl (C=O) groups is 2. The van der Waals surface area contributed by atoms with Gasteiger partial charge in [0.05, 0.1) is 6.04 Å². The molecule has 2 amide bonds. The second-order valence-corrected chi connectivity index (χ2v) is 5.36. The maximum Gasteiger partial charge on any atom is 0.410 e. The third kappa shape index (κ3) is 4.03. The summed E-state index contributed by atoms with van der Waals surface area (Å²) in [5.41, 5.74) is 7.81. The number of hydrogen-bond donors (Lipinski definition) is 1.